The highest BCUT2D eigenvalue weighted by atomic mass is 35.5. The van der Waals surface area contributed by atoms with Gasteiger partial charge < -0.3 is 4.57 Å². The summed E-state index contributed by atoms with van der Waals surface area (Å²) in [4.78, 5) is 7.56. The molecule has 0 spiro atoms. The molecule has 21 heavy (non-hydrogen) atoms. The van der Waals surface area contributed by atoms with Crippen LogP contribution in [-0.2, 0) is 6.42 Å². The average molecular weight is 304 g/mol. The van der Waals surface area contributed by atoms with Crippen molar-refractivity contribution >= 4 is 22.6 Å². The Morgan fingerprint density at radius 3 is 2.86 bits per heavy atom. The Hall–Kier alpha value is -1.06. The second-order valence-electron chi connectivity index (χ2n) is 6.45. The molecule has 1 unspecified atom stereocenters. The summed E-state index contributed by atoms with van der Waals surface area (Å²) in [7, 11) is 0. The van der Waals surface area contributed by atoms with E-state index in [9.17, 15) is 0 Å². The summed E-state index contributed by atoms with van der Waals surface area (Å²) in [5.41, 5.74) is 3.71. The zero-order valence-corrected chi connectivity index (χ0v) is 13.3. The maximum absolute atomic E-state index is 6.01. The van der Waals surface area contributed by atoms with Crippen LogP contribution in [0.3, 0.4) is 0 Å². The highest BCUT2D eigenvalue weighted by molar-refractivity contribution is 6.17. The van der Waals surface area contributed by atoms with E-state index >= 15 is 0 Å². The standard InChI is InChI=1S/C17H22ClN3/c1-12-3-2-4-15-17(12)19-16(7-9-18)21(15)14-8-10-20(11-14)13-5-6-13/h2-4,13-14H,5-11H2,1H3. The highest BCUT2D eigenvalue weighted by Crippen LogP contribution is 2.35. The topological polar surface area (TPSA) is 21.1 Å². The number of hydrogen-bond acceptors (Lipinski definition) is 2. The Labute approximate surface area is 130 Å². The molecular weight excluding hydrogens is 282 g/mol. The second kappa shape index (κ2) is 5.29. The third-order valence-electron chi connectivity index (χ3n) is 4.94. The quantitative estimate of drug-likeness (QED) is 0.806. The summed E-state index contributed by atoms with van der Waals surface area (Å²) in [6, 6.07) is 7.94. The smallest absolute Gasteiger partial charge is 0.111 e. The molecule has 4 heteroatoms. The fourth-order valence-corrected chi connectivity index (χ4v) is 3.89. The number of likely N-dealkylation sites (tertiary alicyclic amines) is 1. The zero-order valence-electron chi connectivity index (χ0n) is 12.6. The van der Waals surface area contributed by atoms with Crippen molar-refractivity contribution in [2.75, 3.05) is 19.0 Å². The maximum Gasteiger partial charge on any atom is 0.111 e. The van der Waals surface area contributed by atoms with Gasteiger partial charge in [-0.1, -0.05) is 12.1 Å². The second-order valence-corrected chi connectivity index (χ2v) is 6.83. The molecule has 0 N–H and O–H groups in total. The van der Waals surface area contributed by atoms with Crippen molar-refractivity contribution in [3.8, 4) is 0 Å². The van der Waals surface area contributed by atoms with Gasteiger partial charge in [-0.2, -0.15) is 0 Å². The number of benzene rings is 1. The summed E-state index contributed by atoms with van der Waals surface area (Å²) in [6.45, 7) is 4.57. The van der Waals surface area contributed by atoms with Gasteiger partial charge in [0.25, 0.3) is 0 Å². The number of imidazole rings is 1. The first-order chi connectivity index (χ1) is 10.3. The minimum absolute atomic E-state index is 0.565. The summed E-state index contributed by atoms with van der Waals surface area (Å²) in [5.74, 6) is 1.80. The molecule has 0 radical (unpaired) electrons. The number of para-hydroxylation sites is 1. The van der Waals surface area contributed by atoms with Crippen LogP contribution in [0.15, 0.2) is 18.2 Å². The third-order valence-corrected chi connectivity index (χ3v) is 5.13. The molecule has 3 nitrogen and oxygen atoms in total. The highest BCUT2D eigenvalue weighted by Gasteiger charge is 2.36. The lowest BCUT2D eigenvalue weighted by Crippen LogP contribution is -2.24. The van der Waals surface area contributed by atoms with Gasteiger partial charge in [0.2, 0.25) is 0 Å². The van der Waals surface area contributed by atoms with Gasteiger partial charge >= 0.3 is 0 Å². The van der Waals surface area contributed by atoms with E-state index in [2.05, 4.69) is 34.6 Å². The minimum atomic E-state index is 0.565. The average Bonchev–Trinajstić information content (AvgIpc) is 3.09. The Morgan fingerprint density at radius 2 is 2.10 bits per heavy atom. The van der Waals surface area contributed by atoms with Gasteiger partial charge in [-0.3, -0.25) is 4.90 Å². The van der Waals surface area contributed by atoms with Crippen molar-refractivity contribution in [1.29, 1.82) is 0 Å². The SMILES string of the molecule is Cc1cccc2c1nc(CCCl)n2C1CCN(C2CC2)C1. The van der Waals surface area contributed by atoms with Crippen molar-refractivity contribution < 1.29 is 0 Å². The number of aryl methyl sites for hydroxylation is 2. The van der Waals surface area contributed by atoms with Crippen molar-refractivity contribution in [2.24, 2.45) is 0 Å². The lowest BCUT2D eigenvalue weighted by atomic mass is 10.2. The maximum atomic E-state index is 6.01. The third kappa shape index (κ3) is 2.36. The van der Waals surface area contributed by atoms with Crippen LogP contribution in [0.2, 0.25) is 0 Å². The van der Waals surface area contributed by atoms with Gasteiger partial charge in [-0.05, 0) is 37.8 Å². The largest absolute Gasteiger partial charge is 0.323 e. The molecule has 4 rings (SSSR count). The number of rotatable bonds is 4. The van der Waals surface area contributed by atoms with E-state index in [0.29, 0.717) is 11.9 Å². The summed E-state index contributed by atoms with van der Waals surface area (Å²) < 4.78 is 2.48. The molecule has 2 aromatic rings. The predicted molar refractivity (Wildman–Crippen MR) is 87.1 cm³/mol. The van der Waals surface area contributed by atoms with E-state index in [4.69, 9.17) is 16.6 Å². The van der Waals surface area contributed by atoms with Gasteiger partial charge in [0.15, 0.2) is 0 Å². The first kappa shape index (κ1) is 13.6. The fraction of sp³-hybridized carbons (Fsp3) is 0.588. The minimum Gasteiger partial charge on any atom is -0.323 e. The fourth-order valence-electron chi connectivity index (χ4n) is 3.72. The molecule has 1 saturated heterocycles. The summed E-state index contributed by atoms with van der Waals surface area (Å²) in [6.07, 6.45) is 4.89. The van der Waals surface area contributed by atoms with Crippen molar-refractivity contribution in [1.82, 2.24) is 14.5 Å². The molecule has 112 valence electrons. The lowest BCUT2D eigenvalue weighted by molar-refractivity contribution is 0.314. The van der Waals surface area contributed by atoms with Crippen LogP contribution in [0.4, 0.5) is 0 Å². The van der Waals surface area contributed by atoms with Gasteiger partial charge in [0.1, 0.15) is 5.82 Å². The molecule has 1 saturated carbocycles. The monoisotopic (exact) mass is 303 g/mol. The van der Waals surface area contributed by atoms with Crippen LogP contribution in [0.5, 0.6) is 0 Å². The number of hydrogen-bond donors (Lipinski definition) is 0. The van der Waals surface area contributed by atoms with Crippen molar-refractivity contribution in [2.45, 2.75) is 44.7 Å². The van der Waals surface area contributed by atoms with Crippen LogP contribution >= 0.6 is 11.6 Å². The predicted octanol–water partition coefficient (Wildman–Crippen LogP) is 3.54. The van der Waals surface area contributed by atoms with Gasteiger partial charge in [-0.15, -0.1) is 11.6 Å². The number of fused-ring (bicyclic) bond motifs is 1. The first-order valence-corrected chi connectivity index (χ1v) is 8.58. The van der Waals surface area contributed by atoms with E-state index in [1.165, 1.54) is 43.4 Å². The molecule has 2 heterocycles. The van der Waals surface area contributed by atoms with Gasteiger partial charge in [0.05, 0.1) is 11.0 Å². The van der Waals surface area contributed by atoms with E-state index in [-0.39, 0.29) is 0 Å². The summed E-state index contributed by atoms with van der Waals surface area (Å²) in [5, 5.41) is 0. The molecule has 2 aliphatic rings. The Kier molecular flexibility index (Phi) is 3.43. The summed E-state index contributed by atoms with van der Waals surface area (Å²) >= 11 is 6.01. The first-order valence-electron chi connectivity index (χ1n) is 8.04. The molecule has 1 aromatic heterocycles. The van der Waals surface area contributed by atoms with Crippen molar-refractivity contribution in [3.63, 3.8) is 0 Å². The molecule has 2 fully saturated rings. The van der Waals surface area contributed by atoms with E-state index < -0.39 is 0 Å². The van der Waals surface area contributed by atoms with Crippen LogP contribution < -0.4 is 0 Å². The van der Waals surface area contributed by atoms with Gasteiger partial charge in [-0.25, -0.2) is 4.98 Å². The van der Waals surface area contributed by atoms with E-state index in [0.717, 1.165) is 23.8 Å². The molecule has 1 aliphatic heterocycles. The van der Waals surface area contributed by atoms with E-state index in [1.54, 1.807) is 0 Å². The molecule has 0 bridgehead atoms. The molecule has 1 aliphatic carbocycles. The number of nitrogens with zero attached hydrogens (tertiary/aromatic N) is 3. The molecular formula is C17H22ClN3. The van der Waals surface area contributed by atoms with Crippen LogP contribution in [0.1, 0.15) is 36.7 Å². The van der Waals surface area contributed by atoms with Crippen LogP contribution in [-0.4, -0.2) is 39.5 Å². The zero-order chi connectivity index (χ0) is 14.4. The number of aromatic nitrogens is 2. The van der Waals surface area contributed by atoms with E-state index in [1.807, 2.05) is 0 Å². The Balaban J connectivity index is 1.75. The van der Waals surface area contributed by atoms with Crippen molar-refractivity contribution in [3.05, 3.63) is 29.6 Å². The molecule has 1 aromatic carbocycles. The van der Waals surface area contributed by atoms with Crippen LogP contribution in [0.25, 0.3) is 11.0 Å². The normalized spacial score (nSPS) is 23.2. The molecule has 0 amide bonds. The van der Waals surface area contributed by atoms with Crippen LogP contribution in [0, 0.1) is 6.92 Å². The number of alkyl halides is 1. The Morgan fingerprint density at radius 1 is 1.24 bits per heavy atom. The molecule has 1 atom stereocenters. The number of halogens is 1. The Bertz CT molecular complexity index is 659. The van der Waals surface area contributed by atoms with Gasteiger partial charge in [0, 0.05) is 37.5 Å². The lowest BCUT2D eigenvalue weighted by Gasteiger charge is -2.18.